The fourth-order valence-electron chi connectivity index (χ4n) is 8.27. The summed E-state index contributed by atoms with van der Waals surface area (Å²) in [5, 5.41) is 34.4. The van der Waals surface area contributed by atoms with Crippen LogP contribution in [0.5, 0.6) is 0 Å². The van der Waals surface area contributed by atoms with Crippen molar-refractivity contribution in [2.24, 2.45) is 22.3 Å². The summed E-state index contributed by atoms with van der Waals surface area (Å²) < 4.78 is 31.1. The van der Waals surface area contributed by atoms with Crippen molar-refractivity contribution < 1.29 is 66.9 Å². The minimum Gasteiger partial charge on any atom is -0.481 e. The van der Waals surface area contributed by atoms with Crippen LogP contribution in [0.3, 0.4) is 0 Å². The predicted molar refractivity (Wildman–Crippen MR) is 274 cm³/mol. The first-order chi connectivity index (χ1) is 35.3. The van der Waals surface area contributed by atoms with Crippen LogP contribution in [-0.4, -0.2) is 146 Å². The second-order valence-corrected chi connectivity index (χ2v) is 21.8. The van der Waals surface area contributed by atoms with E-state index >= 15 is 4.39 Å². The van der Waals surface area contributed by atoms with Crippen molar-refractivity contribution >= 4 is 75.4 Å². The molecule has 1 heterocycles. The summed E-state index contributed by atoms with van der Waals surface area (Å²) in [5.74, 6) is -10.7. The number of nitrogens with zero attached hydrogens (tertiary/aromatic N) is 2. The van der Waals surface area contributed by atoms with Crippen LogP contribution in [0.4, 0.5) is 8.78 Å². The van der Waals surface area contributed by atoms with E-state index in [1.165, 1.54) is 4.90 Å². The third kappa shape index (κ3) is 19.5. The Balaban J connectivity index is 2.02. The highest BCUT2D eigenvalue weighted by atomic mass is 27.0. The number of primary amides is 2. The topological polar surface area (TPSA) is 344 Å². The number of carboxylic acids is 1. The summed E-state index contributed by atoms with van der Waals surface area (Å²) in [6.45, 7) is 9.31. The van der Waals surface area contributed by atoms with Crippen LogP contribution in [0.15, 0.2) is 60.8 Å². The molecule has 9 amide bonds. The largest absolute Gasteiger partial charge is 0.481 e. The Kier molecular flexibility index (Phi) is 23.3. The number of aliphatic hydroxyl groups is 1. The number of nitrogens with two attached hydrogens (primary N) is 2. The number of aliphatic carboxylic acids is 1. The van der Waals surface area contributed by atoms with Gasteiger partial charge in [0.1, 0.15) is 52.7 Å². The fourth-order valence-corrected chi connectivity index (χ4v) is 8.47. The quantitative estimate of drug-likeness (QED) is 0.0338. The Bertz CT molecular complexity index is 2590. The van der Waals surface area contributed by atoms with Crippen LogP contribution in [0.2, 0.25) is 4.28 Å². The smallest absolute Gasteiger partial charge is 0.303 e. The molecule has 0 aliphatic carbocycles. The average molecular weight is 1080 g/mol. The van der Waals surface area contributed by atoms with Crippen LogP contribution in [0.25, 0.3) is 11.1 Å². The van der Waals surface area contributed by atoms with Crippen molar-refractivity contribution in [1.82, 2.24) is 41.4 Å². The van der Waals surface area contributed by atoms with E-state index in [-0.39, 0.29) is 43.6 Å². The molecular weight excluding hydrogens is 1010 g/mol. The molecule has 412 valence electrons. The molecule has 2 aromatic carbocycles. The van der Waals surface area contributed by atoms with Crippen LogP contribution in [0.1, 0.15) is 97.9 Å². The Morgan fingerprint density at radius 3 is 1.86 bits per heavy atom. The minimum absolute atomic E-state index is 0.0762. The molecule has 76 heavy (non-hydrogen) atoms. The zero-order valence-corrected chi connectivity index (χ0v) is 44.9. The number of amides is 9. The van der Waals surface area contributed by atoms with E-state index in [0.29, 0.717) is 5.69 Å². The van der Waals surface area contributed by atoms with E-state index in [9.17, 15) is 62.5 Å². The predicted octanol–water partition coefficient (Wildman–Crippen LogP) is 0.592. The highest BCUT2D eigenvalue weighted by Gasteiger charge is 2.41. The van der Waals surface area contributed by atoms with Gasteiger partial charge in [-0.25, -0.2) is 8.78 Å². The maximum Gasteiger partial charge on any atom is 0.303 e. The molecule has 0 aliphatic rings. The molecule has 0 spiro atoms. The van der Waals surface area contributed by atoms with E-state index in [1.807, 2.05) is 18.2 Å². The van der Waals surface area contributed by atoms with Crippen molar-refractivity contribution in [3.05, 3.63) is 83.7 Å². The normalized spacial score (nSPS) is 13.8. The van der Waals surface area contributed by atoms with E-state index in [1.54, 1.807) is 70.5 Å². The minimum atomic E-state index is -1.82. The van der Waals surface area contributed by atoms with E-state index < -0.39 is 149 Å². The molecule has 0 bridgehead atoms. The summed E-state index contributed by atoms with van der Waals surface area (Å²) in [5.41, 5.74) is 10.2. The number of halogens is 2. The molecule has 0 aliphatic heterocycles. The van der Waals surface area contributed by atoms with Gasteiger partial charge in [0.25, 0.3) is 0 Å². The average Bonchev–Trinajstić information content (AvgIpc) is 3.71. The second-order valence-electron chi connectivity index (χ2n) is 20.4. The number of carboxylic acid groups (broad SMARTS) is 1. The molecule has 12 N–H and O–H groups in total. The summed E-state index contributed by atoms with van der Waals surface area (Å²) in [7, 11) is 0. The van der Waals surface area contributed by atoms with Crippen LogP contribution < -0.4 is 43.4 Å². The standard InChI is InChI=1S/C51H69F2N10O12.Al/c1-29(2)51(7,24-45(71)72)23-42(68)58-25-43(69)56-16-17-57-47(73)36(60-49(75)38(22-41(55)67)61-48(74)37(21-40(54)66)59-30(3)65)15-18-63(44(70)28-64)46(50(4,5)6)39-19-32(34-20-33(52)13-14-35(34)53)27-62(39)26-31-11-9-8-10-12-31;/h8-14,19-20,27,36-38,46,64H,15-18,21-26,28H2,1-7H3,(H2,54,66)(H2,55,67)(H,56,69)(H,57,73)(H,58,68)(H,59,65)(H,60,75)(H,61,74)(H,71,72);/t36-,37+,38-,46-,51?;/m0./s1. The van der Waals surface area contributed by atoms with Crippen molar-refractivity contribution in [1.29, 1.82) is 0 Å². The Labute approximate surface area is 447 Å². The molecule has 22 nitrogen and oxygen atoms in total. The number of aliphatic hydroxyl groups excluding tert-OH is 1. The highest BCUT2D eigenvalue weighted by molar-refractivity contribution is 6.15. The van der Waals surface area contributed by atoms with Gasteiger partial charge in [0.05, 0.1) is 31.8 Å². The summed E-state index contributed by atoms with van der Waals surface area (Å²) in [6.07, 6.45) is -0.920. The molecule has 0 saturated heterocycles. The zero-order valence-electron chi connectivity index (χ0n) is 43.7. The van der Waals surface area contributed by atoms with E-state index in [4.69, 9.17) is 11.5 Å². The first-order valence-corrected chi connectivity index (χ1v) is 24.8. The lowest BCUT2D eigenvalue weighted by molar-refractivity contribution is -0.141. The van der Waals surface area contributed by atoms with Gasteiger partial charge in [-0.3, -0.25) is 47.9 Å². The highest BCUT2D eigenvalue weighted by Crippen LogP contribution is 2.48. The molecule has 3 aromatic rings. The first kappa shape index (κ1) is 63.1. The molecule has 3 rings (SSSR count). The SMILES string of the molecule is CC(=O)N[C@H](CC(N)=O)C(=O)N[C@@H](CC(N)=O)C(=O)N[C@@H](CCN(C(=O)CO)[C@@H](c1cc(-c2cc(F)ccc2F)cn1Cc1ccccc1)C(C)(C)C)C(=O)NCCNC(=O)CNC(=O)CC(C)(CC(=O)O)[C](C)(C)[Al]. The number of benzene rings is 2. The zero-order chi connectivity index (χ0) is 57.3. The summed E-state index contributed by atoms with van der Waals surface area (Å²) in [6, 6.07) is 7.63. The summed E-state index contributed by atoms with van der Waals surface area (Å²) in [4.78, 5) is 130. The van der Waals surface area contributed by atoms with Crippen LogP contribution in [-0.2, 0) is 54.5 Å². The molecule has 5 atom stereocenters. The Morgan fingerprint density at radius 1 is 0.737 bits per heavy atom. The van der Waals surface area contributed by atoms with Crippen molar-refractivity contribution in [2.45, 2.75) is 116 Å². The maximum atomic E-state index is 15.4. The third-order valence-corrected chi connectivity index (χ3v) is 13.2. The Morgan fingerprint density at radius 2 is 1.32 bits per heavy atom. The van der Waals surface area contributed by atoms with Gasteiger partial charge in [0, 0.05) is 62.5 Å². The molecule has 25 heteroatoms. The summed E-state index contributed by atoms with van der Waals surface area (Å²) >= 11 is 2.53. The molecular formula is C51H69AlF2N10O12. The van der Waals surface area contributed by atoms with E-state index in [2.05, 4.69) is 48.2 Å². The lowest BCUT2D eigenvalue weighted by Crippen LogP contribution is -2.58. The van der Waals surface area contributed by atoms with Crippen LogP contribution >= 0.6 is 0 Å². The molecule has 1 aromatic heterocycles. The lowest BCUT2D eigenvalue weighted by atomic mass is 9.72. The number of nitrogens with one attached hydrogen (secondary N) is 6. The molecule has 2 radical (unpaired) electrons. The van der Waals surface area contributed by atoms with Gasteiger partial charge < -0.3 is 63.0 Å². The fraction of sp³-hybridized carbons (Fsp3) is 0.490. The maximum absolute atomic E-state index is 15.4. The van der Waals surface area contributed by atoms with Crippen molar-refractivity contribution in [3.63, 3.8) is 0 Å². The van der Waals surface area contributed by atoms with Crippen molar-refractivity contribution in [3.8, 4) is 11.1 Å². The van der Waals surface area contributed by atoms with Gasteiger partial charge in [-0.1, -0.05) is 76.2 Å². The van der Waals surface area contributed by atoms with Gasteiger partial charge in [-0.05, 0) is 47.1 Å². The number of carbonyl (C=O) groups is 10. The number of carbonyl (C=O) groups excluding carboxylic acids is 9. The molecule has 0 saturated carbocycles. The lowest BCUT2D eigenvalue weighted by Gasteiger charge is -2.42. The number of rotatable bonds is 29. The first-order valence-electron chi connectivity index (χ1n) is 24.2. The van der Waals surface area contributed by atoms with E-state index in [0.717, 1.165) is 30.7 Å². The van der Waals surface area contributed by atoms with Gasteiger partial charge in [0.2, 0.25) is 53.2 Å². The van der Waals surface area contributed by atoms with Gasteiger partial charge in [-0.15, -0.1) is 0 Å². The van der Waals surface area contributed by atoms with Gasteiger partial charge in [0.15, 0.2) is 0 Å². The monoisotopic (exact) mass is 1080 g/mol. The van der Waals surface area contributed by atoms with Crippen LogP contribution in [0, 0.1) is 22.5 Å². The molecule has 0 fully saturated rings. The van der Waals surface area contributed by atoms with Crippen molar-refractivity contribution in [2.75, 3.05) is 32.8 Å². The number of hydrogen-bond donors (Lipinski definition) is 10. The Hall–Kier alpha value is -7.23. The number of hydrogen-bond acceptors (Lipinski definition) is 11. The van der Waals surface area contributed by atoms with Gasteiger partial charge in [-0.2, -0.15) is 0 Å². The second kappa shape index (κ2) is 28.1. The molecule has 1 unspecified atom stereocenters. The number of aromatic nitrogens is 1. The third-order valence-electron chi connectivity index (χ3n) is 12.5. The van der Waals surface area contributed by atoms with Gasteiger partial charge >= 0.3 is 5.97 Å².